The molecule has 2 N–H and O–H groups in total. The van der Waals surface area contributed by atoms with E-state index in [9.17, 15) is 14.4 Å². The number of nitrogens with zero attached hydrogens (tertiary/aromatic N) is 1. The van der Waals surface area contributed by atoms with Crippen LogP contribution in [0.15, 0.2) is 17.2 Å². The second-order valence-corrected chi connectivity index (χ2v) is 9.44. The van der Waals surface area contributed by atoms with Gasteiger partial charge in [0.2, 0.25) is 5.43 Å². The summed E-state index contributed by atoms with van der Waals surface area (Å²) in [7, 11) is 0. The molecule has 1 aromatic rings. The van der Waals surface area contributed by atoms with Crippen LogP contribution in [0.1, 0.15) is 92.4 Å². The van der Waals surface area contributed by atoms with Gasteiger partial charge in [0, 0.05) is 38.1 Å². The molecule has 0 aromatic carbocycles. The SMILES string of the molecule is CC(C)OCCNC(=O)c1cn(C[C@@H]2CCCO2)cc(C(=O)NC2CCCCCCC2)c1=O. The molecule has 3 rings (SSSR count). The summed E-state index contributed by atoms with van der Waals surface area (Å²) in [6, 6.07) is 0.0643. The van der Waals surface area contributed by atoms with Crippen LogP contribution in [0.5, 0.6) is 0 Å². The Morgan fingerprint density at radius 1 is 1.03 bits per heavy atom. The predicted molar refractivity (Wildman–Crippen MR) is 127 cm³/mol. The smallest absolute Gasteiger partial charge is 0.256 e. The lowest BCUT2D eigenvalue weighted by molar-refractivity contribution is 0.0745. The Labute approximate surface area is 196 Å². The average Bonchev–Trinajstić information content (AvgIpc) is 3.26. The molecule has 0 bridgehead atoms. The number of carbonyl (C=O) groups is 2. The average molecular weight is 462 g/mol. The third-order valence-electron chi connectivity index (χ3n) is 6.29. The zero-order valence-corrected chi connectivity index (χ0v) is 20.1. The molecule has 1 aliphatic heterocycles. The molecule has 8 heteroatoms. The van der Waals surface area contributed by atoms with Crippen LogP contribution in [-0.4, -0.2) is 54.4 Å². The van der Waals surface area contributed by atoms with E-state index in [1.807, 2.05) is 13.8 Å². The maximum Gasteiger partial charge on any atom is 0.256 e. The number of ether oxygens (including phenoxy) is 2. The van der Waals surface area contributed by atoms with Crippen LogP contribution in [0.2, 0.25) is 0 Å². The third kappa shape index (κ3) is 7.96. The first-order chi connectivity index (χ1) is 15.9. The summed E-state index contributed by atoms with van der Waals surface area (Å²) in [5.74, 6) is -0.890. The van der Waals surface area contributed by atoms with Gasteiger partial charge in [-0.2, -0.15) is 0 Å². The van der Waals surface area contributed by atoms with Crippen LogP contribution in [-0.2, 0) is 16.0 Å². The lowest BCUT2D eigenvalue weighted by atomic mass is 9.96. The van der Waals surface area contributed by atoms with E-state index in [1.54, 1.807) is 10.8 Å². The number of hydrogen-bond donors (Lipinski definition) is 2. The molecule has 1 atom stereocenters. The summed E-state index contributed by atoms with van der Waals surface area (Å²) < 4.78 is 12.9. The molecule has 2 aliphatic rings. The molecule has 8 nitrogen and oxygen atoms in total. The number of nitrogens with one attached hydrogen (secondary N) is 2. The zero-order chi connectivity index (χ0) is 23.6. The number of rotatable bonds is 9. The van der Waals surface area contributed by atoms with Gasteiger partial charge in [-0.1, -0.05) is 32.1 Å². The maximum absolute atomic E-state index is 13.1. The minimum atomic E-state index is -0.538. The van der Waals surface area contributed by atoms with Crippen LogP contribution in [0.3, 0.4) is 0 Å². The molecule has 2 heterocycles. The monoisotopic (exact) mass is 461 g/mol. The lowest BCUT2D eigenvalue weighted by Gasteiger charge is -2.21. The fourth-order valence-electron chi connectivity index (χ4n) is 4.50. The Balaban J connectivity index is 1.77. The van der Waals surface area contributed by atoms with E-state index in [-0.39, 0.29) is 29.4 Å². The summed E-state index contributed by atoms with van der Waals surface area (Å²) in [5, 5.41) is 5.80. The highest BCUT2D eigenvalue weighted by Crippen LogP contribution is 2.18. The molecule has 2 amide bonds. The van der Waals surface area contributed by atoms with Crippen LogP contribution in [0.4, 0.5) is 0 Å². The van der Waals surface area contributed by atoms with Gasteiger partial charge in [0.15, 0.2) is 0 Å². The van der Waals surface area contributed by atoms with Gasteiger partial charge in [-0.3, -0.25) is 14.4 Å². The van der Waals surface area contributed by atoms with Gasteiger partial charge in [0.1, 0.15) is 11.1 Å². The standard InChI is InChI=1S/C25H39N3O5/c1-18(2)32-14-12-26-24(30)21-16-28(15-20-11-8-13-33-20)17-22(23(21)29)25(31)27-19-9-6-4-3-5-7-10-19/h16-20H,3-15H2,1-2H3,(H,26,30)(H,27,31)/t20-/m0/s1. The molecule has 0 unspecified atom stereocenters. The summed E-state index contributed by atoms with van der Waals surface area (Å²) in [4.78, 5) is 39.1. The highest BCUT2D eigenvalue weighted by Gasteiger charge is 2.23. The van der Waals surface area contributed by atoms with Crippen molar-refractivity contribution in [2.24, 2.45) is 0 Å². The Morgan fingerprint density at radius 3 is 2.33 bits per heavy atom. The van der Waals surface area contributed by atoms with Gasteiger partial charge < -0.3 is 24.7 Å². The minimum Gasteiger partial charge on any atom is -0.377 e. The lowest BCUT2D eigenvalue weighted by Crippen LogP contribution is -2.40. The Hall–Kier alpha value is -2.19. The normalized spacial score (nSPS) is 19.8. The van der Waals surface area contributed by atoms with Crippen LogP contribution >= 0.6 is 0 Å². The van der Waals surface area contributed by atoms with E-state index < -0.39 is 17.2 Å². The highest BCUT2D eigenvalue weighted by molar-refractivity contribution is 5.99. The van der Waals surface area contributed by atoms with Gasteiger partial charge in [-0.05, 0) is 39.5 Å². The first-order valence-electron chi connectivity index (χ1n) is 12.5. The van der Waals surface area contributed by atoms with Crippen molar-refractivity contribution in [3.63, 3.8) is 0 Å². The van der Waals surface area contributed by atoms with Crippen molar-refractivity contribution < 1.29 is 19.1 Å². The number of pyridine rings is 1. The van der Waals surface area contributed by atoms with E-state index in [1.165, 1.54) is 25.5 Å². The van der Waals surface area contributed by atoms with Gasteiger partial charge in [-0.15, -0.1) is 0 Å². The Bertz CT molecular complexity index is 837. The largest absolute Gasteiger partial charge is 0.377 e. The Morgan fingerprint density at radius 2 is 1.70 bits per heavy atom. The summed E-state index contributed by atoms with van der Waals surface area (Å²) >= 11 is 0. The molecular weight excluding hydrogens is 422 g/mol. The van der Waals surface area contributed by atoms with Crippen molar-refractivity contribution in [1.82, 2.24) is 15.2 Å². The topological polar surface area (TPSA) is 98.7 Å². The van der Waals surface area contributed by atoms with Crippen molar-refractivity contribution in [1.29, 1.82) is 0 Å². The molecule has 0 radical (unpaired) electrons. The maximum atomic E-state index is 13.1. The summed E-state index contributed by atoms with van der Waals surface area (Å²) in [6.45, 7) is 5.70. The van der Waals surface area contributed by atoms with E-state index in [0.29, 0.717) is 26.3 Å². The van der Waals surface area contributed by atoms with Crippen molar-refractivity contribution >= 4 is 11.8 Å². The van der Waals surface area contributed by atoms with E-state index >= 15 is 0 Å². The molecule has 33 heavy (non-hydrogen) atoms. The molecule has 1 aromatic heterocycles. The number of aromatic nitrogens is 1. The highest BCUT2D eigenvalue weighted by atomic mass is 16.5. The fourth-order valence-corrected chi connectivity index (χ4v) is 4.50. The van der Waals surface area contributed by atoms with Crippen LogP contribution in [0, 0.1) is 0 Å². The minimum absolute atomic E-state index is 0.0149. The van der Waals surface area contributed by atoms with Gasteiger partial charge >= 0.3 is 0 Å². The fraction of sp³-hybridized carbons (Fsp3) is 0.720. The zero-order valence-electron chi connectivity index (χ0n) is 20.1. The van der Waals surface area contributed by atoms with Crippen LogP contribution < -0.4 is 16.1 Å². The number of amides is 2. The molecule has 1 saturated carbocycles. The third-order valence-corrected chi connectivity index (χ3v) is 6.29. The van der Waals surface area contributed by atoms with E-state index in [0.717, 1.165) is 38.5 Å². The second-order valence-electron chi connectivity index (χ2n) is 9.44. The molecule has 2 fully saturated rings. The van der Waals surface area contributed by atoms with Gasteiger partial charge in [0.05, 0.1) is 18.8 Å². The Kier molecular flexibility index (Phi) is 9.94. The van der Waals surface area contributed by atoms with E-state index in [4.69, 9.17) is 9.47 Å². The summed E-state index contributed by atoms with van der Waals surface area (Å²) in [6.07, 6.45) is 12.7. The predicted octanol–water partition coefficient (Wildman–Crippen LogP) is 3.02. The quantitative estimate of drug-likeness (QED) is 0.551. The molecular formula is C25H39N3O5. The van der Waals surface area contributed by atoms with Gasteiger partial charge in [0.25, 0.3) is 11.8 Å². The van der Waals surface area contributed by atoms with Gasteiger partial charge in [-0.25, -0.2) is 0 Å². The van der Waals surface area contributed by atoms with Crippen molar-refractivity contribution in [3.8, 4) is 0 Å². The first-order valence-corrected chi connectivity index (χ1v) is 12.5. The van der Waals surface area contributed by atoms with Crippen LogP contribution in [0.25, 0.3) is 0 Å². The number of carbonyl (C=O) groups excluding carboxylic acids is 2. The molecule has 0 spiro atoms. The van der Waals surface area contributed by atoms with Crippen molar-refractivity contribution in [2.45, 2.75) is 96.4 Å². The van der Waals surface area contributed by atoms with E-state index in [2.05, 4.69) is 10.6 Å². The molecule has 1 aliphatic carbocycles. The van der Waals surface area contributed by atoms with Crippen molar-refractivity contribution in [2.75, 3.05) is 19.8 Å². The summed E-state index contributed by atoms with van der Waals surface area (Å²) in [5.41, 5.74) is -0.548. The molecule has 1 saturated heterocycles. The van der Waals surface area contributed by atoms with Crippen molar-refractivity contribution in [3.05, 3.63) is 33.7 Å². The number of hydrogen-bond acceptors (Lipinski definition) is 5. The molecule has 184 valence electrons. The second kappa shape index (κ2) is 12.9. The first kappa shape index (κ1) is 25.4.